The van der Waals surface area contributed by atoms with E-state index in [1.165, 1.54) is 18.2 Å². The van der Waals surface area contributed by atoms with Gasteiger partial charge in [0.05, 0.1) is 15.6 Å². The van der Waals surface area contributed by atoms with Crippen LogP contribution >= 0.6 is 34.5 Å². The molecule has 2 heterocycles. The first-order chi connectivity index (χ1) is 14.0. The molecule has 0 radical (unpaired) electrons. The monoisotopic (exact) mass is 448 g/mol. The number of nitrogens with one attached hydrogen (secondary N) is 1. The maximum atomic E-state index is 14.3. The average molecular weight is 449 g/mol. The smallest absolute Gasteiger partial charge is 0.263 e. The van der Waals surface area contributed by atoms with Gasteiger partial charge in [-0.1, -0.05) is 64.0 Å². The van der Waals surface area contributed by atoms with Crippen LogP contribution in [0.1, 0.15) is 16.1 Å². The number of carbonyl (C=O) groups excluding carboxylic acids is 1. The van der Waals surface area contributed by atoms with Gasteiger partial charge in [-0.05, 0) is 25.1 Å². The molecule has 4 rings (SSSR count). The first-order valence-electron chi connectivity index (χ1n) is 8.26. The predicted molar refractivity (Wildman–Crippen MR) is 110 cm³/mol. The Hall–Kier alpha value is -2.81. The zero-order valence-electron chi connectivity index (χ0n) is 14.7. The van der Waals surface area contributed by atoms with Crippen molar-refractivity contribution in [3.63, 3.8) is 0 Å². The zero-order valence-corrected chi connectivity index (χ0v) is 17.1. The van der Waals surface area contributed by atoms with E-state index in [0.29, 0.717) is 15.6 Å². The number of nitrogens with zero attached hydrogens (tertiary/aromatic N) is 3. The summed E-state index contributed by atoms with van der Waals surface area (Å²) in [6.45, 7) is 1.55. The van der Waals surface area contributed by atoms with E-state index in [0.717, 1.165) is 11.3 Å². The van der Waals surface area contributed by atoms with Gasteiger partial charge >= 0.3 is 0 Å². The lowest BCUT2D eigenvalue weighted by Gasteiger charge is -2.05. The van der Waals surface area contributed by atoms with Crippen molar-refractivity contribution < 1.29 is 13.7 Å². The van der Waals surface area contributed by atoms with Crippen LogP contribution in [0.4, 0.5) is 9.52 Å². The molecule has 1 amide bonds. The summed E-state index contributed by atoms with van der Waals surface area (Å²) in [6.07, 6.45) is 0. The number of hydrogen-bond acceptors (Lipinski definition) is 6. The Balaban J connectivity index is 1.66. The molecule has 0 aliphatic carbocycles. The molecule has 1 N–H and O–H groups in total. The van der Waals surface area contributed by atoms with Gasteiger partial charge < -0.3 is 4.52 Å². The highest BCUT2D eigenvalue weighted by Crippen LogP contribution is 2.35. The Kier molecular flexibility index (Phi) is 5.31. The highest BCUT2D eigenvalue weighted by molar-refractivity contribution is 7.18. The molecule has 0 aliphatic heterocycles. The number of aryl methyl sites for hydroxylation is 1. The first-order valence-corrected chi connectivity index (χ1v) is 9.83. The van der Waals surface area contributed by atoms with E-state index < -0.39 is 11.7 Å². The van der Waals surface area contributed by atoms with Crippen molar-refractivity contribution in [2.75, 3.05) is 5.32 Å². The van der Waals surface area contributed by atoms with Crippen molar-refractivity contribution in [3.05, 3.63) is 69.7 Å². The molecule has 2 aromatic heterocycles. The molecule has 0 unspecified atom stereocenters. The Morgan fingerprint density at radius 1 is 1.10 bits per heavy atom. The molecule has 0 atom stereocenters. The lowest BCUT2D eigenvalue weighted by atomic mass is 10.1. The molecule has 0 bridgehead atoms. The van der Waals surface area contributed by atoms with Crippen molar-refractivity contribution in [1.29, 1.82) is 0 Å². The van der Waals surface area contributed by atoms with Crippen LogP contribution in [0.25, 0.3) is 21.8 Å². The summed E-state index contributed by atoms with van der Waals surface area (Å²) < 4.78 is 19.4. The van der Waals surface area contributed by atoms with E-state index in [1.54, 1.807) is 25.1 Å². The summed E-state index contributed by atoms with van der Waals surface area (Å²) in [7, 11) is 0. The van der Waals surface area contributed by atoms with Crippen molar-refractivity contribution in [2.45, 2.75) is 6.92 Å². The second-order valence-corrected chi connectivity index (χ2v) is 7.70. The molecular formula is C19H11Cl2FN4O2S. The van der Waals surface area contributed by atoms with Crippen LogP contribution in [0.3, 0.4) is 0 Å². The molecule has 10 heteroatoms. The lowest BCUT2D eigenvalue weighted by Crippen LogP contribution is -2.13. The second kappa shape index (κ2) is 7.90. The Morgan fingerprint density at radius 2 is 1.86 bits per heavy atom. The molecule has 2 aromatic carbocycles. The molecule has 6 nitrogen and oxygen atoms in total. The van der Waals surface area contributed by atoms with Gasteiger partial charge in [-0.25, -0.2) is 4.39 Å². The van der Waals surface area contributed by atoms with E-state index >= 15 is 0 Å². The topological polar surface area (TPSA) is 80.9 Å². The minimum atomic E-state index is -0.614. The molecule has 0 spiro atoms. The molecule has 0 saturated carbocycles. The summed E-state index contributed by atoms with van der Waals surface area (Å²) in [5.41, 5.74) is 0.766. The van der Waals surface area contributed by atoms with Crippen LogP contribution in [0, 0.1) is 12.7 Å². The van der Waals surface area contributed by atoms with Crippen molar-refractivity contribution in [2.24, 2.45) is 0 Å². The van der Waals surface area contributed by atoms with Crippen LogP contribution in [-0.4, -0.2) is 21.3 Å². The van der Waals surface area contributed by atoms with Crippen LogP contribution in [-0.2, 0) is 0 Å². The fourth-order valence-electron chi connectivity index (χ4n) is 2.71. The van der Waals surface area contributed by atoms with Gasteiger partial charge in [0.1, 0.15) is 22.8 Å². The van der Waals surface area contributed by atoms with E-state index in [-0.39, 0.29) is 32.7 Å². The van der Waals surface area contributed by atoms with Crippen molar-refractivity contribution in [3.8, 4) is 21.8 Å². The lowest BCUT2D eigenvalue weighted by molar-refractivity contribution is 0.102. The van der Waals surface area contributed by atoms with Crippen molar-refractivity contribution >= 4 is 45.6 Å². The van der Waals surface area contributed by atoms with Gasteiger partial charge in [0.2, 0.25) is 5.13 Å². The zero-order chi connectivity index (χ0) is 20.5. The second-order valence-electron chi connectivity index (χ2n) is 5.91. The molecular weight excluding hydrogens is 438 g/mol. The third-order valence-corrected chi connectivity index (χ3v) is 5.56. The number of carbonyl (C=O) groups is 1. The number of halogens is 3. The highest BCUT2D eigenvalue weighted by Gasteiger charge is 2.26. The van der Waals surface area contributed by atoms with E-state index in [4.69, 9.17) is 27.7 Å². The predicted octanol–water partition coefficient (Wildman–Crippen LogP) is 5.87. The molecule has 0 aliphatic rings. The number of anilines is 1. The normalized spacial score (nSPS) is 10.9. The van der Waals surface area contributed by atoms with Gasteiger partial charge in [-0.2, -0.15) is 0 Å². The minimum absolute atomic E-state index is 0.00909. The summed E-state index contributed by atoms with van der Waals surface area (Å²) in [5.74, 6) is -0.968. The third-order valence-electron chi connectivity index (χ3n) is 4.04. The molecule has 4 aromatic rings. The molecule has 0 fully saturated rings. The van der Waals surface area contributed by atoms with Gasteiger partial charge in [-0.3, -0.25) is 10.1 Å². The quantitative estimate of drug-likeness (QED) is 0.422. The Labute approximate surface area is 178 Å². The van der Waals surface area contributed by atoms with E-state index in [1.807, 2.05) is 6.07 Å². The minimum Gasteiger partial charge on any atom is -0.360 e. The summed E-state index contributed by atoms with van der Waals surface area (Å²) >= 11 is 13.4. The maximum Gasteiger partial charge on any atom is 0.263 e. The third kappa shape index (κ3) is 3.74. The average Bonchev–Trinajstić information content (AvgIpc) is 3.29. The van der Waals surface area contributed by atoms with Gasteiger partial charge in [0, 0.05) is 5.56 Å². The first kappa shape index (κ1) is 19.5. The summed E-state index contributed by atoms with van der Waals surface area (Å²) in [6, 6.07) is 11.4. The number of benzene rings is 2. The van der Waals surface area contributed by atoms with Gasteiger partial charge in [-0.15, -0.1) is 10.2 Å². The Morgan fingerprint density at radius 3 is 2.62 bits per heavy atom. The number of rotatable bonds is 4. The van der Waals surface area contributed by atoms with Gasteiger partial charge in [0.15, 0.2) is 5.01 Å². The summed E-state index contributed by atoms with van der Waals surface area (Å²) in [4.78, 5) is 12.9. The van der Waals surface area contributed by atoms with Crippen LogP contribution in [0.15, 0.2) is 47.0 Å². The largest absolute Gasteiger partial charge is 0.360 e. The molecule has 29 heavy (non-hydrogen) atoms. The molecule has 146 valence electrons. The maximum absolute atomic E-state index is 14.3. The van der Waals surface area contributed by atoms with Gasteiger partial charge in [0.25, 0.3) is 5.91 Å². The standard InChI is InChI=1S/C19H11Cl2FN4O2S/c1-9-14(16(26-28-9)15-12(21)7-4-8-13(15)22)17(27)23-19-25-24-18(29-19)10-5-2-3-6-11(10)20/h2-8H,1H3,(H,23,25,27). The SMILES string of the molecule is Cc1onc(-c2c(F)cccc2Cl)c1C(=O)Nc1nnc(-c2ccccc2Cl)s1. The summed E-state index contributed by atoms with van der Waals surface area (Å²) in [5, 5.41) is 15.9. The number of amides is 1. The number of hydrogen-bond donors (Lipinski definition) is 1. The van der Waals surface area contributed by atoms with Crippen molar-refractivity contribution in [1.82, 2.24) is 15.4 Å². The fourth-order valence-corrected chi connectivity index (χ4v) is 4.02. The molecule has 0 saturated heterocycles. The van der Waals surface area contributed by atoms with Crippen LogP contribution < -0.4 is 5.32 Å². The van der Waals surface area contributed by atoms with E-state index in [2.05, 4.69) is 20.7 Å². The van der Waals surface area contributed by atoms with Crippen LogP contribution in [0.2, 0.25) is 10.0 Å². The fraction of sp³-hybridized carbons (Fsp3) is 0.0526. The number of aromatic nitrogens is 3. The Bertz CT molecular complexity index is 1200. The van der Waals surface area contributed by atoms with Crippen LogP contribution in [0.5, 0.6) is 0 Å². The van der Waals surface area contributed by atoms with E-state index in [9.17, 15) is 9.18 Å². The highest BCUT2D eigenvalue weighted by atomic mass is 35.5.